The van der Waals surface area contributed by atoms with E-state index in [-0.39, 0.29) is 23.7 Å². The Hall–Kier alpha value is -2.34. The number of para-hydroxylation sites is 1. The van der Waals surface area contributed by atoms with Crippen molar-refractivity contribution in [1.82, 2.24) is 10.6 Å². The van der Waals surface area contributed by atoms with Crippen molar-refractivity contribution < 1.29 is 14.3 Å². The van der Waals surface area contributed by atoms with Gasteiger partial charge in [-0.3, -0.25) is 9.59 Å². The summed E-state index contributed by atoms with van der Waals surface area (Å²) in [7, 11) is 1.69. The molecule has 2 amide bonds. The summed E-state index contributed by atoms with van der Waals surface area (Å²) in [5.41, 5.74) is 1.75. The third-order valence-electron chi connectivity index (χ3n) is 5.28. The number of nitrogens with one attached hydrogen (secondary N) is 2. The van der Waals surface area contributed by atoms with Gasteiger partial charge in [-0.15, -0.1) is 0 Å². The monoisotopic (exact) mass is 386 g/mol. The lowest BCUT2D eigenvalue weighted by atomic mass is 9.78. The van der Waals surface area contributed by atoms with Crippen LogP contribution in [0.4, 0.5) is 0 Å². The largest absolute Gasteiger partial charge is 0.496 e. The van der Waals surface area contributed by atoms with E-state index in [1.807, 2.05) is 23.6 Å². The Morgan fingerprint density at radius 3 is 2.63 bits per heavy atom. The third-order valence-corrected chi connectivity index (χ3v) is 5.97. The lowest BCUT2D eigenvalue weighted by molar-refractivity contribution is -0.121. The summed E-state index contributed by atoms with van der Waals surface area (Å²) < 4.78 is 5.56. The Morgan fingerprint density at radius 1 is 1.15 bits per heavy atom. The zero-order valence-electron chi connectivity index (χ0n) is 15.6. The van der Waals surface area contributed by atoms with Gasteiger partial charge in [0.05, 0.1) is 7.11 Å². The second-order valence-electron chi connectivity index (χ2n) is 6.98. The number of ether oxygens (including phenoxy) is 1. The summed E-state index contributed by atoms with van der Waals surface area (Å²) in [6.45, 7) is 0.937. The van der Waals surface area contributed by atoms with Crippen LogP contribution in [-0.2, 0) is 10.2 Å². The van der Waals surface area contributed by atoms with Gasteiger partial charge < -0.3 is 15.4 Å². The highest BCUT2D eigenvalue weighted by molar-refractivity contribution is 7.08. The average molecular weight is 387 g/mol. The van der Waals surface area contributed by atoms with Crippen molar-refractivity contribution in [1.29, 1.82) is 0 Å². The number of hydrogen-bond acceptors (Lipinski definition) is 4. The fraction of sp³-hybridized carbons (Fsp3) is 0.429. The molecule has 1 aromatic heterocycles. The van der Waals surface area contributed by atoms with Crippen molar-refractivity contribution in [3.05, 3.63) is 52.2 Å². The summed E-state index contributed by atoms with van der Waals surface area (Å²) in [5, 5.41) is 9.53. The summed E-state index contributed by atoms with van der Waals surface area (Å²) in [4.78, 5) is 24.2. The molecule has 0 atom stereocenters. The molecule has 27 heavy (non-hydrogen) atoms. The normalized spacial score (nSPS) is 15.3. The van der Waals surface area contributed by atoms with Crippen LogP contribution >= 0.6 is 11.3 Å². The molecular formula is C21H26N2O3S. The fourth-order valence-corrected chi connectivity index (χ4v) is 4.45. The second-order valence-corrected chi connectivity index (χ2v) is 7.76. The van der Waals surface area contributed by atoms with Crippen LogP contribution in [0.25, 0.3) is 0 Å². The second kappa shape index (κ2) is 9.04. The molecule has 0 unspecified atom stereocenters. The number of benzene rings is 1. The molecule has 3 rings (SSSR count). The lowest BCUT2D eigenvalue weighted by Gasteiger charge is -2.31. The number of thiophene rings is 1. The van der Waals surface area contributed by atoms with E-state index in [0.717, 1.165) is 31.4 Å². The first-order chi connectivity index (χ1) is 13.1. The van der Waals surface area contributed by atoms with Gasteiger partial charge >= 0.3 is 0 Å². The van der Waals surface area contributed by atoms with Crippen molar-refractivity contribution in [3.8, 4) is 5.75 Å². The molecule has 5 nitrogen and oxygen atoms in total. The minimum atomic E-state index is -0.134. The number of rotatable bonds is 8. The van der Waals surface area contributed by atoms with E-state index in [9.17, 15) is 9.59 Å². The summed E-state index contributed by atoms with van der Waals surface area (Å²) in [6, 6.07) is 9.87. The van der Waals surface area contributed by atoms with Crippen LogP contribution in [0, 0.1) is 0 Å². The van der Waals surface area contributed by atoms with Crippen molar-refractivity contribution >= 4 is 23.2 Å². The SMILES string of the molecule is COc1ccccc1C1(CNC(=O)CCNC(=O)c2ccsc2)CCCC1. The Bertz CT molecular complexity index is 767. The summed E-state index contributed by atoms with van der Waals surface area (Å²) >= 11 is 1.48. The molecule has 1 heterocycles. The minimum absolute atomic E-state index is 0.0400. The van der Waals surface area contributed by atoms with Crippen LogP contribution in [0.5, 0.6) is 5.75 Å². The Balaban J connectivity index is 1.53. The highest BCUT2D eigenvalue weighted by atomic mass is 32.1. The maximum Gasteiger partial charge on any atom is 0.252 e. The van der Waals surface area contributed by atoms with Gasteiger partial charge in [-0.25, -0.2) is 0 Å². The van der Waals surface area contributed by atoms with Gasteiger partial charge in [0.25, 0.3) is 5.91 Å². The zero-order valence-corrected chi connectivity index (χ0v) is 16.4. The predicted molar refractivity (Wildman–Crippen MR) is 107 cm³/mol. The van der Waals surface area contributed by atoms with Gasteiger partial charge in [-0.1, -0.05) is 31.0 Å². The molecule has 1 aliphatic rings. The molecule has 1 saturated carbocycles. The van der Waals surface area contributed by atoms with E-state index in [2.05, 4.69) is 16.7 Å². The molecule has 2 N–H and O–H groups in total. The molecule has 6 heteroatoms. The van der Waals surface area contributed by atoms with E-state index in [1.54, 1.807) is 18.6 Å². The molecule has 1 aromatic carbocycles. The first-order valence-corrected chi connectivity index (χ1v) is 10.3. The van der Waals surface area contributed by atoms with Crippen LogP contribution in [0.3, 0.4) is 0 Å². The molecule has 0 bridgehead atoms. The fourth-order valence-electron chi connectivity index (χ4n) is 3.82. The van der Waals surface area contributed by atoms with Gasteiger partial charge in [-0.05, 0) is 30.4 Å². The smallest absolute Gasteiger partial charge is 0.252 e. The zero-order chi connectivity index (χ0) is 19.1. The van der Waals surface area contributed by atoms with Crippen molar-refractivity contribution in [2.24, 2.45) is 0 Å². The van der Waals surface area contributed by atoms with E-state index >= 15 is 0 Å². The minimum Gasteiger partial charge on any atom is -0.496 e. The Labute approximate surface area is 164 Å². The highest BCUT2D eigenvalue weighted by Crippen LogP contribution is 2.44. The molecule has 0 saturated heterocycles. The third kappa shape index (κ3) is 4.69. The van der Waals surface area contributed by atoms with E-state index < -0.39 is 0 Å². The van der Waals surface area contributed by atoms with Gasteiger partial charge in [-0.2, -0.15) is 11.3 Å². The van der Waals surface area contributed by atoms with Crippen LogP contribution in [-0.4, -0.2) is 32.0 Å². The predicted octanol–water partition coefficient (Wildman–Crippen LogP) is 3.50. The van der Waals surface area contributed by atoms with E-state index in [4.69, 9.17) is 4.74 Å². The van der Waals surface area contributed by atoms with Crippen LogP contribution < -0.4 is 15.4 Å². The molecule has 1 aliphatic carbocycles. The van der Waals surface area contributed by atoms with E-state index in [0.29, 0.717) is 18.7 Å². The van der Waals surface area contributed by atoms with Gasteiger partial charge in [0.15, 0.2) is 0 Å². The summed E-state index contributed by atoms with van der Waals surface area (Å²) in [5.74, 6) is 0.712. The van der Waals surface area contributed by atoms with Gasteiger partial charge in [0.2, 0.25) is 5.91 Å². The molecule has 1 fully saturated rings. The van der Waals surface area contributed by atoms with Crippen LogP contribution in [0.2, 0.25) is 0 Å². The molecule has 144 valence electrons. The maximum atomic E-state index is 12.3. The first-order valence-electron chi connectivity index (χ1n) is 9.35. The number of carbonyl (C=O) groups excluding carboxylic acids is 2. The van der Waals surface area contributed by atoms with Crippen molar-refractivity contribution in [3.63, 3.8) is 0 Å². The summed E-state index contributed by atoms with van der Waals surface area (Å²) in [6.07, 6.45) is 4.68. The number of carbonyl (C=O) groups is 2. The molecule has 0 aliphatic heterocycles. The topological polar surface area (TPSA) is 67.4 Å². The highest BCUT2D eigenvalue weighted by Gasteiger charge is 2.37. The van der Waals surface area contributed by atoms with Crippen molar-refractivity contribution in [2.45, 2.75) is 37.5 Å². The number of hydrogen-bond donors (Lipinski definition) is 2. The van der Waals surface area contributed by atoms with Gasteiger partial charge in [0.1, 0.15) is 5.75 Å². The molecular weight excluding hydrogens is 360 g/mol. The van der Waals surface area contributed by atoms with Crippen molar-refractivity contribution in [2.75, 3.05) is 20.2 Å². The standard InChI is InChI=1S/C21H26N2O3S/c1-26-18-7-3-2-6-17(18)21(10-4-5-11-21)15-23-19(24)8-12-22-20(25)16-9-13-27-14-16/h2-3,6-7,9,13-14H,4-5,8,10-12,15H2,1H3,(H,22,25)(H,23,24). The van der Waals surface area contributed by atoms with Gasteiger partial charge in [0, 0.05) is 41.4 Å². The average Bonchev–Trinajstić information content (AvgIpc) is 3.39. The molecule has 0 radical (unpaired) electrons. The maximum absolute atomic E-state index is 12.3. The molecule has 2 aromatic rings. The number of methoxy groups -OCH3 is 1. The van der Waals surface area contributed by atoms with Crippen LogP contribution in [0.15, 0.2) is 41.1 Å². The quantitative estimate of drug-likeness (QED) is 0.730. The first kappa shape index (κ1) is 19.4. The molecule has 0 spiro atoms. The Morgan fingerprint density at radius 2 is 1.93 bits per heavy atom. The van der Waals surface area contributed by atoms with E-state index in [1.165, 1.54) is 16.9 Å². The van der Waals surface area contributed by atoms with Crippen LogP contribution in [0.1, 0.15) is 48.0 Å². The number of amides is 2. The Kier molecular flexibility index (Phi) is 6.50. The lowest BCUT2D eigenvalue weighted by Crippen LogP contribution is -2.40.